The first-order valence-electron chi connectivity index (χ1n) is 7.39. The number of benzene rings is 1. The van der Waals surface area contributed by atoms with E-state index in [-0.39, 0.29) is 5.82 Å². The smallest absolute Gasteiger partial charge is 0.218 e. The van der Waals surface area contributed by atoms with Crippen molar-refractivity contribution in [2.24, 2.45) is 4.99 Å². The van der Waals surface area contributed by atoms with Crippen LogP contribution in [-0.4, -0.2) is 31.6 Å². The van der Waals surface area contributed by atoms with Gasteiger partial charge < -0.3 is 15.4 Å². The lowest BCUT2D eigenvalue weighted by Gasteiger charge is -2.13. The van der Waals surface area contributed by atoms with E-state index in [1.54, 1.807) is 32.5 Å². The number of nitrogens with one attached hydrogen (secondary N) is 2. The number of aliphatic imine (C=N–C) groups is 1. The van der Waals surface area contributed by atoms with Crippen molar-refractivity contribution in [1.82, 2.24) is 15.6 Å². The van der Waals surface area contributed by atoms with Crippen molar-refractivity contribution in [3.8, 4) is 5.88 Å². The summed E-state index contributed by atoms with van der Waals surface area (Å²) in [4.78, 5) is 8.32. The zero-order valence-corrected chi connectivity index (χ0v) is 13.3. The minimum Gasteiger partial charge on any atom is -0.481 e. The summed E-state index contributed by atoms with van der Waals surface area (Å²) in [7, 11) is 3.30. The van der Waals surface area contributed by atoms with Gasteiger partial charge in [-0.3, -0.25) is 4.99 Å². The SMILES string of the molecule is CN=C(NCCc1cccc(F)c1)NCc1cccnc1OC. The average Bonchev–Trinajstić information content (AvgIpc) is 2.58. The summed E-state index contributed by atoms with van der Waals surface area (Å²) in [5, 5.41) is 6.40. The van der Waals surface area contributed by atoms with E-state index in [0.29, 0.717) is 31.3 Å². The van der Waals surface area contributed by atoms with Crippen LogP contribution < -0.4 is 15.4 Å². The van der Waals surface area contributed by atoms with Crippen molar-refractivity contribution in [1.29, 1.82) is 0 Å². The van der Waals surface area contributed by atoms with Crippen molar-refractivity contribution in [2.45, 2.75) is 13.0 Å². The van der Waals surface area contributed by atoms with Gasteiger partial charge in [-0.05, 0) is 30.2 Å². The Labute approximate surface area is 135 Å². The molecule has 0 radical (unpaired) electrons. The molecule has 0 amide bonds. The molecule has 0 fully saturated rings. The highest BCUT2D eigenvalue weighted by atomic mass is 19.1. The minimum atomic E-state index is -0.214. The molecule has 0 spiro atoms. The van der Waals surface area contributed by atoms with E-state index in [9.17, 15) is 4.39 Å². The molecule has 0 aliphatic carbocycles. The molecule has 0 saturated carbocycles. The number of rotatable bonds is 6. The van der Waals surface area contributed by atoms with Crippen LogP contribution in [0.25, 0.3) is 0 Å². The summed E-state index contributed by atoms with van der Waals surface area (Å²) in [6.07, 6.45) is 2.41. The second kappa shape index (κ2) is 8.73. The van der Waals surface area contributed by atoms with E-state index in [2.05, 4.69) is 20.6 Å². The maximum absolute atomic E-state index is 13.1. The number of methoxy groups -OCH3 is 1. The molecule has 1 heterocycles. The second-order valence-corrected chi connectivity index (χ2v) is 4.90. The number of aromatic nitrogens is 1. The summed E-state index contributed by atoms with van der Waals surface area (Å²) in [5.41, 5.74) is 1.89. The largest absolute Gasteiger partial charge is 0.481 e. The number of hydrogen-bond acceptors (Lipinski definition) is 3. The molecule has 0 aliphatic rings. The van der Waals surface area contributed by atoms with Crippen LogP contribution in [0.1, 0.15) is 11.1 Å². The Kier molecular flexibility index (Phi) is 6.35. The third-order valence-electron chi connectivity index (χ3n) is 3.31. The molecule has 0 aliphatic heterocycles. The molecule has 122 valence electrons. The highest BCUT2D eigenvalue weighted by Gasteiger charge is 2.04. The fourth-order valence-electron chi connectivity index (χ4n) is 2.16. The zero-order valence-electron chi connectivity index (χ0n) is 13.3. The van der Waals surface area contributed by atoms with E-state index in [0.717, 1.165) is 11.1 Å². The van der Waals surface area contributed by atoms with E-state index >= 15 is 0 Å². The summed E-state index contributed by atoms with van der Waals surface area (Å²) in [5.74, 6) is 1.05. The molecule has 1 aromatic carbocycles. The first kappa shape index (κ1) is 16.7. The predicted molar refractivity (Wildman–Crippen MR) is 89.1 cm³/mol. The second-order valence-electron chi connectivity index (χ2n) is 4.90. The standard InChI is InChI=1S/C17H21FN4O/c1-19-17(21-10-8-13-5-3-7-15(18)11-13)22-12-14-6-4-9-20-16(14)23-2/h3-7,9,11H,8,10,12H2,1-2H3,(H2,19,21,22). The van der Waals surface area contributed by atoms with Crippen LogP contribution in [0.3, 0.4) is 0 Å². The molecule has 0 saturated heterocycles. The van der Waals surface area contributed by atoms with Gasteiger partial charge in [0, 0.05) is 31.9 Å². The van der Waals surface area contributed by atoms with Crippen molar-refractivity contribution in [2.75, 3.05) is 20.7 Å². The third-order valence-corrected chi connectivity index (χ3v) is 3.31. The van der Waals surface area contributed by atoms with Gasteiger partial charge in [0.05, 0.1) is 7.11 Å². The van der Waals surface area contributed by atoms with E-state index in [1.807, 2.05) is 18.2 Å². The van der Waals surface area contributed by atoms with E-state index < -0.39 is 0 Å². The number of ether oxygens (including phenoxy) is 1. The number of hydrogen-bond donors (Lipinski definition) is 2. The number of nitrogens with zero attached hydrogens (tertiary/aromatic N) is 2. The number of guanidine groups is 1. The fraction of sp³-hybridized carbons (Fsp3) is 0.294. The van der Waals surface area contributed by atoms with Crippen molar-refractivity contribution >= 4 is 5.96 Å². The van der Waals surface area contributed by atoms with Gasteiger partial charge in [-0.15, -0.1) is 0 Å². The molecule has 5 nitrogen and oxygen atoms in total. The van der Waals surface area contributed by atoms with Crippen molar-refractivity contribution in [3.63, 3.8) is 0 Å². The normalized spacial score (nSPS) is 11.2. The van der Waals surface area contributed by atoms with Gasteiger partial charge in [0.15, 0.2) is 5.96 Å². The lowest BCUT2D eigenvalue weighted by molar-refractivity contribution is 0.392. The molecule has 2 aromatic rings. The van der Waals surface area contributed by atoms with Crippen LogP contribution in [0.15, 0.2) is 47.6 Å². The van der Waals surface area contributed by atoms with Crippen LogP contribution in [-0.2, 0) is 13.0 Å². The van der Waals surface area contributed by atoms with Gasteiger partial charge in [0.1, 0.15) is 5.82 Å². The monoisotopic (exact) mass is 316 g/mol. The van der Waals surface area contributed by atoms with Gasteiger partial charge in [-0.25, -0.2) is 9.37 Å². The van der Waals surface area contributed by atoms with Gasteiger partial charge >= 0.3 is 0 Å². The third kappa shape index (κ3) is 5.25. The molecule has 23 heavy (non-hydrogen) atoms. The van der Waals surface area contributed by atoms with Crippen LogP contribution in [0.2, 0.25) is 0 Å². The molecule has 2 rings (SSSR count). The molecule has 6 heteroatoms. The van der Waals surface area contributed by atoms with Crippen molar-refractivity contribution < 1.29 is 9.13 Å². The van der Waals surface area contributed by atoms with Crippen molar-refractivity contribution in [3.05, 3.63) is 59.5 Å². The minimum absolute atomic E-state index is 0.214. The summed E-state index contributed by atoms with van der Waals surface area (Å²) < 4.78 is 18.3. The van der Waals surface area contributed by atoms with E-state index in [4.69, 9.17) is 4.74 Å². The number of halogens is 1. The number of pyridine rings is 1. The Bertz CT molecular complexity index is 661. The Balaban J connectivity index is 1.82. The Hall–Kier alpha value is -2.63. The first-order chi connectivity index (χ1) is 11.2. The molecule has 0 atom stereocenters. The molecule has 1 aromatic heterocycles. The fourth-order valence-corrected chi connectivity index (χ4v) is 2.16. The van der Waals surface area contributed by atoms with Gasteiger partial charge in [-0.2, -0.15) is 0 Å². The lowest BCUT2D eigenvalue weighted by atomic mass is 10.1. The molecular weight excluding hydrogens is 295 g/mol. The predicted octanol–water partition coefficient (Wildman–Crippen LogP) is 2.14. The topological polar surface area (TPSA) is 58.5 Å². The quantitative estimate of drug-likeness (QED) is 0.633. The maximum Gasteiger partial charge on any atom is 0.218 e. The van der Waals surface area contributed by atoms with Crippen LogP contribution in [0, 0.1) is 5.82 Å². The highest BCUT2D eigenvalue weighted by molar-refractivity contribution is 5.79. The van der Waals surface area contributed by atoms with Crippen LogP contribution >= 0.6 is 0 Å². The van der Waals surface area contributed by atoms with Crippen LogP contribution in [0.4, 0.5) is 4.39 Å². The Morgan fingerprint density at radius 2 is 2.13 bits per heavy atom. The Morgan fingerprint density at radius 3 is 2.87 bits per heavy atom. The van der Waals surface area contributed by atoms with Gasteiger partial charge in [0.2, 0.25) is 5.88 Å². The summed E-state index contributed by atoms with van der Waals surface area (Å²) in [6, 6.07) is 10.4. The van der Waals surface area contributed by atoms with Gasteiger partial charge in [-0.1, -0.05) is 18.2 Å². The Morgan fingerprint density at radius 1 is 1.26 bits per heavy atom. The molecule has 0 bridgehead atoms. The highest BCUT2D eigenvalue weighted by Crippen LogP contribution is 2.12. The summed E-state index contributed by atoms with van der Waals surface area (Å²) in [6.45, 7) is 1.21. The molecular formula is C17H21FN4O. The lowest BCUT2D eigenvalue weighted by Crippen LogP contribution is -2.37. The average molecular weight is 316 g/mol. The van der Waals surface area contributed by atoms with Crippen LogP contribution in [0.5, 0.6) is 5.88 Å². The summed E-state index contributed by atoms with van der Waals surface area (Å²) >= 11 is 0. The van der Waals surface area contributed by atoms with E-state index in [1.165, 1.54) is 6.07 Å². The van der Waals surface area contributed by atoms with Gasteiger partial charge in [0.25, 0.3) is 0 Å². The molecule has 0 unspecified atom stereocenters. The maximum atomic E-state index is 13.1. The zero-order chi connectivity index (χ0) is 16.5. The first-order valence-corrected chi connectivity index (χ1v) is 7.39. The molecule has 2 N–H and O–H groups in total.